The third kappa shape index (κ3) is 5.49. The van der Waals surface area contributed by atoms with Crippen molar-refractivity contribution < 1.29 is 4.74 Å². The van der Waals surface area contributed by atoms with Crippen molar-refractivity contribution in [2.75, 3.05) is 5.32 Å². The second-order valence-corrected chi connectivity index (χ2v) is 8.73. The molecule has 3 aromatic rings. The summed E-state index contributed by atoms with van der Waals surface area (Å²) >= 11 is 16.7. The zero-order valence-corrected chi connectivity index (χ0v) is 19.1. The lowest BCUT2D eigenvalue weighted by atomic mass is 10.2. The van der Waals surface area contributed by atoms with Gasteiger partial charge >= 0.3 is 0 Å². The highest BCUT2D eigenvalue weighted by Crippen LogP contribution is 2.35. The lowest BCUT2D eigenvalue weighted by Gasteiger charge is -2.13. The highest BCUT2D eigenvalue weighted by molar-refractivity contribution is 9.11. The molecule has 0 saturated heterocycles. The minimum Gasteiger partial charge on any atom is -0.487 e. The van der Waals surface area contributed by atoms with E-state index in [4.69, 9.17) is 16.3 Å². The Morgan fingerprint density at radius 2 is 1.54 bits per heavy atom. The fraction of sp³-hybridized carbons (Fsp3) is 0.100. The standard InChI is InChI=1S/C20H15Br3ClNO/c21-15-4-6-17(7-5-15)25-11-14-9-18(22)20(19(23)10-14)26-12-13-2-1-3-16(24)8-13/h1-10,25H,11-12H2. The molecule has 0 bridgehead atoms. The van der Waals surface area contributed by atoms with E-state index in [0.717, 1.165) is 36.0 Å². The Hall–Kier alpha value is -1.01. The van der Waals surface area contributed by atoms with Gasteiger partial charge < -0.3 is 10.1 Å². The van der Waals surface area contributed by atoms with Gasteiger partial charge in [0.1, 0.15) is 12.4 Å². The Bertz CT molecular complexity index is 877. The molecule has 0 spiro atoms. The third-order valence-electron chi connectivity index (χ3n) is 3.67. The van der Waals surface area contributed by atoms with Gasteiger partial charge in [-0.1, -0.05) is 39.7 Å². The third-order valence-corrected chi connectivity index (χ3v) is 5.61. The van der Waals surface area contributed by atoms with E-state index >= 15 is 0 Å². The zero-order valence-electron chi connectivity index (χ0n) is 13.6. The van der Waals surface area contributed by atoms with Crippen molar-refractivity contribution >= 4 is 65.1 Å². The Kier molecular flexibility index (Phi) is 7.04. The van der Waals surface area contributed by atoms with E-state index in [1.54, 1.807) is 0 Å². The molecule has 0 aliphatic carbocycles. The van der Waals surface area contributed by atoms with E-state index in [1.807, 2.05) is 48.5 Å². The Balaban J connectivity index is 1.66. The van der Waals surface area contributed by atoms with Crippen LogP contribution in [0.4, 0.5) is 5.69 Å². The molecule has 0 amide bonds. The molecule has 0 unspecified atom stereocenters. The van der Waals surface area contributed by atoms with Crippen LogP contribution in [0.15, 0.2) is 74.1 Å². The maximum atomic E-state index is 6.02. The van der Waals surface area contributed by atoms with Crippen LogP contribution in [0.25, 0.3) is 0 Å². The number of hydrogen-bond donors (Lipinski definition) is 1. The van der Waals surface area contributed by atoms with Crippen molar-refractivity contribution in [3.8, 4) is 5.75 Å². The zero-order chi connectivity index (χ0) is 18.5. The lowest BCUT2D eigenvalue weighted by Crippen LogP contribution is -2.01. The topological polar surface area (TPSA) is 21.3 Å². The predicted octanol–water partition coefficient (Wildman–Crippen LogP) is 7.82. The first kappa shape index (κ1) is 19.7. The first-order valence-electron chi connectivity index (χ1n) is 7.86. The van der Waals surface area contributed by atoms with Crippen molar-refractivity contribution in [2.45, 2.75) is 13.2 Å². The van der Waals surface area contributed by atoms with Crippen LogP contribution >= 0.6 is 59.4 Å². The van der Waals surface area contributed by atoms with E-state index in [1.165, 1.54) is 0 Å². The van der Waals surface area contributed by atoms with Gasteiger partial charge in [-0.2, -0.15) is 0 Å². The van der Waals surface area contributed by atoms with Gasteiger partial charge in [-0.3, -0.25) is 0 Å². The maximum Gasteiger partial charge on any atom is 0.148 e. The quantitative estimate of drug-likeness (QED) is 0.332. The largest absolute Gasteiger partial charge is 0.487 e. The summed E-state index contributed by atoms with van der Waals surface area (Å²) in [5.74, 6) is 0.775. The molecule has 134 valence electrons. The van der Waals surface area contributed by atoms with Crippen molar-refractivity contribution in [3.63, 3.8) is 0 Å². The van der Waals surface area contributed by atoms with Crippen LogP contribution in [0, 0.1) is 0 Å². The van der Waals surface area contributed by atoms with Gasteiger partial charge in [-0.25, -0.2) is 0 Å². The second-order valence-electron chi connectivity index (χ2n) is 5.67. The highest BCUT2D eigenvalue weighted by atomic mass is 79.9. The first-order chi connectivity index (χ1) is 12.5. The molecule has 3 aromatic carbocycles. The summed E-state index contributed by atoms with van der Waals surface area (Å²) in [6.07, 6.45) is 0. The van der Waals surface area contributed by atoms with E-state index in [-0.39, 0.29) is 0 Å². The van der Waals surface area contributed by atoms with Crippen LogP contribution in [0.5, 0.6) is 5.75 Å². The molecule has 1 N–H and O–H groups in total. The monoisotopic (exact) mass is 557 g/mol. The van der Waals surface area contributed by atoms with Gasteiger partial charge in [-0.05, 0) is 91.5 Å². The maximum absolute atomic E-state index is 6.02. The Morgan fingerprint density at radius 1 is 0.846 bits per heavy atom. The van der Waals surface area contributed by atoms with E-state index in [0.29, 0.717) is 18.2 Å². The summed E-state index contributed by atoms with van der Waals surface area (Å²) in [6.45, 7) is 1.17. The fourth-order valence-electron chi connectivity index (χ4n) is 2.41. The summed E-state index contributed by atoms with van der Waals surface area (Å²) in [4.78, 5) is 0. The van der Waals surface area contributed by atoms with Gasteiger partial charge in [0.2, 0.25) is 0 Å². The SMILES string of the molecule is Clc1cccc(COc2c(Br)cc(CNc3ccc(Br)cc3)cc2Br)c1. The van der Waals surface area contributed by atoms with Crippen molar-refractivity contribution in [1.29, 1.82) is 0 Å². The first-order valence-corrected chi connectivity index (χ1v) is 10.6. The molecule has 2 nitrogen and oxygen atoms in total. The molecule has 0 fully saturated rings. The average Bonchev–Trinajstić information content (AvgIpc) is 2.60. The number of hydrogen-bond acceptors (Lipinski definition) is 2. The highest BCUT2D eigenvalue weighted by Gasteiger charge is 2.10. The molecule has 0 saturated carbocycles. The average molecular weight is 561 g/mol. The molecule has 0 aliphatic heterocycles. The summed E-state index contributed by atoms with van der Waals surface area (Å²) in [7, 11) is 0. The molecule has 6 heteroatoms. The van der Waals surface area contributed by atoms with Crippen LogP contribution in [0.3, 0.4) is 0 Å². The van der Waals surface area contributed by atoms with Gasteiger partial charge in [0.25, 0.3) is 0 Å². The Morgan fingerprint density at radius 3 is 2.19 bits per heavy atom. The molecule has 26 heavy (non-hydrogen) atoms. The van der Waals surface area contributed by atoms with Crippen LogP contribution in [0.1, 0.15) is 11.1 Å². The minimum absolute atomic E-state index is 0.453. The summed E-state index contributed by atoms with van der Waals surface area (Å²) in [5, 5.41) is 4.12. The van der Waals surface area contributed by atoms with Crippen LogP contribution in [-0.2, 0) is 13.2 Å². The van der Waals surface area contributed by atoms with E-state index in [2.05, 4.69) is 65.2 Å². The molecule has 0 heterocycles. The molecular formula is C20H15Br3ClNO. The van der Waals surface area contributed by atoms with Gasteiger partial charge in [0, 0.05) is 21.7 Å². The van der Waals surface area contributed by atoms with Crippen molar-refractivity contribution in [1.82, 2.24) is 0 Å². The van der Waals surface area contributed by atoms with E-state index < -0.39 is 0 Å². The summed E-state index contributed by atoms with van der Waals surface area (Å²) in [5.41, 5.74) is 3.24. The Labute approximate surface area is 183 Å². The molecule has 0 atom stereocenters. The van der Waals surface area contributed by atoms with Crippen LogP contribution in [0.2, 0.25) is 5.02 Å². The molecule has 0 radical (unpaired) electrons. The summed E-state index contributed by atoms with van der Waals surface area (Å²) in [6, 6.07) is 19.9. The number of rotatable bonds is 6. The predicted molar refractivity (Wildman–Crippen MR) is 119 cm³/mol. The molecule has 3 rings (SSSR count). The van der Waals surface area contributed by atoms with Gasteiger partial charge in [0.05, 0.1) is 8.95 Å². The van der Waals surface area contributed by atoms with Crippen molar-refractivity contribution in [2.24, 2.45) is 0 Å². The molecule has 0 aromatic heterocycles. The fourth-order valence-corrected chi connectivity index (χ4v) is 4.39. The second kappa shape index (κ2) is 9.27. The normalized spacial score (nSPS) is 10.6. The number of benzene rings is 3. The van der Waals surface area contributed by atoms with E-state index in [9.17, 15) is 0 Å². The smallest absolute Gasteiger partial charge is 0.148 e. The van der Waals surface area contributed by atoms with Crippen molar-refractivity contribution in [3.05, 3.63) is 90.2 Å². The molecular weight excluding hydrogens is 545 g/mol. The van der Waals surface area contributed by atoms with Crippen LogP contribution < -0.4 is 10.1 Å². The number of anilines is 1. The number of nitrogens with one attached hydrogen (secondary N) is 1. The number of halogens is 4. The summed E-state index contributed by atoms with van der Waals surface area (Å²) < 4.78 is 8.83. The van der Waals surface area contributed by atoms with Gasteiger partial charge in [-0.15, -0.1) is 0 Å². The molecule has 0 aliphatic rings. The minimum atomic E-state index is 0.453. The van der Waals surface area contributed by atoms with Gasteiger partial charge in [0.15, 0.2) is 0 Å². The number of ether oxygens (including phenoxy) is 1. The van der Waals surface area contributed by atoms with Crippen LogP contribution in [-0.4, -0.2) is 0 Å². The lowest BCUT2D eigenvalue weighted by molar-refractivity contribution is 0.302.